The predicted molar refractivity (Wildman–Crippen MR) is 72.9 cm³/mol. The minimum Gasteiger partial charge on any atom is -0.341 e. The van der Waals surface area contributed by atoms with Crippen molar-refractivity contribution >= 4 is 5.95 Å². The largest absolute Gasteiger partial charge is 0.341 e. The molecule has 1 aromatic rings. The fourth-order valence-electron chi connectivity index (χ4n) is 2.93. The lowest BCUT2D eigenvalue weighted by Gasteiger charge is -2.23. The van der Waals surface area contributed by atoms with Crippen molar-refractivity contribution in [3.05, 3.63) is 17.0 Å². The smallest absolute Gasteiger partial charge is 0.225 e. The molecule has 4 heteroatoms. The summed E-state index contributed by atoms with van der Waals surface area (Å²) in [6.07, 6.45) is 5.90. The van der Waals surface area contributed by atoms with Gasteiger partial charge in [-0.1, -0.05) is 13.3 Å². The van der Waals surface area contributed by atoms with Crippen LogP contribution in [0, 0.1) is 0 Å². The number of hydrogen-bond acceptors (Lipinski definition) is 4. The number of fused-ring (bicyclic) bond motifs is 1. The second-order valence-corrected chi connectivity index (χ2v) is 5.27. The molecule has 18 heavy (non-hydrogen) atoms. The second kappa shape index (κ2) is 5.22. The molecule has 3 rings (SSSR count). The van der Waals surface area contributed by atoms with E-state index in [0.29, 0.717) is 0 Å². The maximum atomic E-state index is 4.84. The second-order valence-electron chi connectivity index (χ2n) is 5.27. The van der Waals surface area contributed by atoms with E-state index in [0.717, 1.165) is 51.4 Å². The summed E-state index contributed by atoms with van der Waals surface area (Å²) in [4.78, 5) is 12.0. The van der Waals surface area contributed by atoms with E-state index in [1.165, 1.54) is 29.8 Å². The fourth-order valence-corrected chi connectivity index (χ4v) is 2.93. The Balaban J connectivity index is 1.97. The first-order chi connectivity index (χ1) is 8.88. The average Bonchev–Trinajstić information content (AvgIpc) is 2.93. The molecule has 3 heterocycles. The molecule has 2 aliphatic rings. The van der Waals surface area contributed by atoms with Gasteiger partial charge in [0.15, 0.2) is 0 Å². The number of nitrogens with zero attached hydrogens (tertiary/aromatic N) is 3. The number of anilines is 1. The number of aromatic nitrogens is 2. The summed E-state index contributed by atoms with van der Waals surface area (Å²) in [5.74, 6) is 0.971. The number of nitrogens with one attached hydrogen (secondary N) is 1. The first kappa shape index (κ1) is 11.9. The Bertz CT molecular complexity index is 424. The molecule has 1 aromatic heterocycles. The van der Waals surface area contributed by atoms with E-state index in [1.807, 2.05) is 0 Å². The first-order valence-electron chi connectivity index (χ1n) is 7.23. The van der Waals surface area contributed by atoms with E-state index in [9.17, 15) is 0 Å². The summed E-state index contributed by atoms with van der Waals surface area (Å²) in [5, 5.41) is 3.42. The Labute approximate surface area is 109 Å². The van der Waals surface area contributed by atoms with Crippen LogP contribution in [-0.4, -0.2) is 29.6 Å². The molecule has 0 saturated carbocycles. The highest BCUT2D eigenvalue weighted by Gasteiger charge is 2.21. The average molecular weight is 246 g/mol. The Morgan fingerprint density at radius 2 is 2.06 bits per heavy atom. The van der Waals surface area contributed by atoms with Crippen LogP contribution in [0.1, 0.15) is 43.1 Å². The molecule has 1 fully saturated rings. The number of aryl methyl sites for hydroxylation is 1. The van der Waals surface area contributed by atoms with Crippen LogP contribution in [0.3, 0.4) is 0 Å². The van der Waals surface area contributed by atoms with Gasteiger partial charge in [-0.2, -0.15) is 0 Å². The summed E-state index contributed by atoms with van der Waals surface area (Å²) in [7, 11) is 0. The first-order valence-corrected chi connectivity index (χ1v) is 7.23. The third-order valence-electron chi connectivity index (χ3n) is 3.89. The van der Waals surface area contributed by atoms with Crippen LogP contribution >= 0.6 is 0 Å². The van der Waals surface area contributed by atoms with Crippen molar-refractivity contribution in [3.63, 3.8) is 0 Å². The molecule has 2 aliphatic heterocycles. The third-order valence-corrected chi connectivity index (χ3v) is 3.89. The third kappa shape index (κ3) is 2.21. The molecule has 0 atom stereocenters. The van der Waals surface area contributed by atoms with Crippen LogP contribution in [0.2, 0.25) is 0 Å². The zero-order chi connectivity index (χ0) is 12.4. The Kier molecular flexibility index (Phi) is 3.46. The predicted octanol–water partition coefficient (Wildman–Crippen LogP) is 1.67. The lowest BCUT2D eigenvalue weighted by molar-refractivity contribution is 0.611. The number of hydrogen-bond donors (Lipinski definition) is 1. The van der Waals surface area contributed by atoms with Crippen LogP contribution in [0.5, 0.6) is 0 Å². The van der Waals surface area contributed by atoms with E-state index in [2.05, 4.69) is 17.1 Å². The van der Waals surface area contributed by atoms with Crippen molar-refractivity contribution in [2.45, 2.75) is 45.6 Å². The summed E-state index contributed by atoms with van der Waals surface area (Å²) in [6.45, 7) is 6.45. The molecule has 0 spiro atoms. The van der Waals surface area contributed by atoms with Gasteiger partial charge in [0, 0.05) is 25.3 Å². The minimum atomic E-state index is 0.912. The highest BCUT2D eigenvalue weighted by atomic mass is 15.3. The molecule has 0 bridgehead atoms. The Hall–Kier alpha value is -1.16. The maximum absolute atomic E-state index is 4.84. The van der Waals surface area contributed by atoms with Crippen molar-refractivity contribution in [1.82, 2.24) is 15.3 Å². The summed E-state index contributed by atoms with van der Waals surface area (Å²) < 4.78 is 0. The minimum absolute atomic E-state index is 0.912. The normalized spacial score (nSPS) is 19.1. The summed E-state index contributed by atoms with van der Waals surface area (Å²) in [6, 6.07) is 0. The van der Waals surface area contributed by atoms with Gasteiger partial charge in [0.1, 0.15) is 0 Å². The van der Waals surface area contributed by atoms with Gasteiger partial charge < -0.3 is 10.2 Å². The van der Waals surface area contributed by atoms with Crippen LogP contribution in [0.25, 0.3) is 0 Å². The lowest BCUT2D eigenvalue weighted by Crippen LogP contribution is -2.29. The van der Waals surface area contributed by atoms with E-state index < -0.39 is 0 Å². The molecule has 98 valence electrons. The van der Waals surface area contributed by atoms with Crippen molar-refractivity contribution in [3.8, 4) is 0 Å². The monoisotopic (exact) mass is 246 g/mol. The highest BCUT2D eigenvalue weighted by Crippen LogP contribution is 2.22. The Morgan fingerprint density at radius 3 is 2.83 bits per heavy atom. The van der Waals surface area contributed by atoms with Gasteiger partial charge in [-0.3, -0.25) is 0 Å². The zero-order valence-electron chi connectivity index (χ0n) is 11.2. The molecule has 0 unspecified atom stereocenters. The van der Waals surface area contributed by atoms with Gasteiger partial charge in [-0.25, -0.2) is 9.97 Å². The molecule has 1 saturated heterocycles. The molecular formula is C14H22N4. The molecule has 0 aromatic carbocycles. The van der Waals surface area contributed by atoms with Crippen LogP contribution < -0.4 is 10.2 Å². The standard InChI is InChI=1S/C14H22N4/c1-2-5-12-11-6-7-15-10-13(11)17-14(16-12)18-8-3-4-9-18/h15H,2-10H2,1H3. The molecule has 0 aliphatic carbocycles. The van der Waals surface area contributed by atoms with Gasteiger partial charge in [-0.15, -0.1) is 0 Å². The van der Waals surface area contributed by atoms with Gasteiger partial charge in [-0.05, 0) is 37.8 Å². The van der Waals surface area contributed by atoms with Crippen molar-refractivity contribution in [2.75, 3.05) is 24.5 Å². The van der Waals surface area contributed by atoms with Crippen molar-refractivity contribution in [2.24, 2.45) is 0 Å². The van der Waals surface area contributed by atoms with Gasteiger partial charge >= 0.3 is 0 Å². The topological polar surface area (TPSA) is 41.1 Å². The molecular weight excluding hydrogens is 224 g/mol. The Morgan fingerprint density at radius 1 is 1.22 bits per heavy atom. The maximum Gasteiger partial charge on any atom is 0.225 e. The SMILES string of the molecule is CCCc1nc(N2CCCC2)nc2c1CCNC2. The summed E-state index contributed by atoms with van der Waals surface area (Å²) >= 11 is 0. The van der Waals surface area contributed by atoms with Crippen molar-refractivity contribution < 1.29 is 0 Å². The summed E-state index contributed by atoms with van der Waals surface area (Å²) in [5.41, 5.74) is 3.95. The van der Waals surface area contributed by atoms with E-state index in [1.54, 1.807) is 0 Å². The lowest BCUT2D eigenvalue weighted by atomic mass is 10.0. The molecule has 0 amide bonds. The van der Waals surface area contributed by atoms with Crippen LogP contribution in [-0.2, 0) is 19.4 Å². The number of rotatable bonds is 3. The quantitative estimate of drug-likeness (QED) is 0.881. The molecule has 4 nitrogen and oxygen atoms in total. The van der Waals surface area contributed by atoms with Gasteiger partial charge in [0.2, 0.25) is 5.95 Å². The zero-order valence-corrected chi connectivity index (χ0v) is 11.2. The molecule has 1 N–H and O–H groups in total. The van der Waals surface area contributed by atoms with Gasteiger partial charge in [0.05, 0.1) is 5.69 Å². The molecule has 0 radical (unpaired) electrons. The van der Waals surface area contributed by atoms with E-state index in [-0.39, 0.29) is 0 Å². The van der Waals surface area contributed by atoms with Crippen LogP contribution in [0.4, 0.5) is 5.95 Å². The van der Waals surface area contributed by atoms with Crippen LogP contribution in [0.15, 0.2) is 0 Å². The fraction of sp³-hybridized carbons (Fsp3) is 0.714. The van der Waals surface area contributed by atoms with Crippen molar-refractivity contribution in [1.29, 1.82) is 0 Å². The van der Waals surface area contributed by atoms with E-state index in [4.69, 9.17) is 9.97 Å². The van der Waals surface area contributed by atoms with Gasteiger partial charge in [0.25, 0.3) is 0 Å². The van der Waals surface area contributed by atoms with E-state index >= 15 is 0 Å². The highest BCUT2D eigenvalue weighted by molar-refractivity contribution is 5.39.